The molecule has 0 N–H and O–H groups in total. The largest absolute Gasteiger partial charge is 0.444 e. The van der Waals surface area contributed by atoms with Gasteiger partial charge in [-0.05, 0) is 40.5 Å². The van der Waals surface area contributed by atoms with Gasteiger partial charge in [0, 0.05) is 19.6 Å². The highest BCUT2D eigenvalue weighted by Gasteiger charge is 2.40. The van der Waals surface area contributed by atoms with Crippen molar-refractivity contribution in [2.75, 3.05) is 13.7 Å². The molecule has 1 heterocycles. The van der Waals surface area contributed by atoms with Crippen molar-refractivity contribution in [3.8, 4) is 0 Å². The zero-order valence-corrected chi connectivity index (χ0v) is 13.4. The summed E-state index contributed by atoms with van der Waals surface area (Å²) in [7, 11) is 1.59. The summed E-state index contributed by atoms with van der Waals surface area (Å²) in [6.07, 6.45) is 1.16. The van der Waals surface area contributed by atoms with Crippen LogP contribution in [0, 0.1) is 5.92 Å². The fraction of sp³-hybridized carbons (Fsp3) is 0.867. The second-order valence-corrected chi connectivity index (χ2v) is 6.48. The van der Waals surface area contributed by atoms with E-state index in [2.05, 4.69) is 0 Å². The number of hydrogen-bond donors (Lipinski definition) is 0. The number of methoxy groups -OCH3 is 1. The average molecular weight is 285 g/mol. The number of amides is 1. The van der Waals surface area contributed by atoms with Gasteiger partial charge in [0.25, 0.3) is 0 Å². The minimum absolute atomic E-state index is 0.0767. The molecule has 20 heavy (non-hydrogen) atoms. The van der Waals surface area contributed by atoms with E-state index in [1.54, 1.807) is 18.9 Å². The second-order valence-electron chi connectivity index (χ2n) is 6.48. The van der Waals surface area contributed by atoms with Crippen molar-refractivity contribution in [3.63, 3.8) is 0 Å². The Morgan fingerprint density at radius 1 is 1.30 bits per heavy atom. The first-order chi connectivity index (χ1) is 9.17. The number of carbonyl (C=O) groups excluding carboxylic acids is 2. The van der Waals surface area contributed by atoms with Crippen molar-refractivity contribution in [1.82, 2.24) is 4.90 Å². The lowest BCUT2D eigenvalue weighted by Gasteiger charge is -2.34. The third kappa shape index (κ3) is 4.20. The lowest BCUT2D eigenvalue weighted by atomic mass is 9.93. The van der Waals surface area contributed by atoms with Crippen LogP contribution in [0.2, 0.25) is 0 Å². The average Bonchev–Trinajstić information content (AvgIpc) is 2.76. The standard InChI is InChI=1S/C15H27NO4/c1-10(11(2)17)13(19-6)12-8-7-9-16(12)14(18)20-15(3,4)5/h10,12-13H,7-9H2,1-6H3. The first-order valence-electron chi connectivity index (χ1n) is 7.20. The van der Waals surface area contributed by atoms with E-state index in [9.17, 15) is 9.59 Å². The van der Waals surface area contributed by atoms with Gasteiger partial charge in [0.2, 0.25) is 0 Å². The lowest BCUT2D eigenvalue weighted by Crippen LogP contribution is -2.48. The van der Waals surface area contributed by atoms with E-state index in [0.29, 0.717) is 6.54 Å². The molecule has 1 saturated heterocycles. The molecular weight excluding hydrogens is 258 g/mol. The van der Waals surface area contributed by atoms with Gasteiger partial charge in [0.1, 0.15) is 11.4 Å². The molecule has 0 bridgehead atoms. The lowest BCUT2D eigenvalue weighted by molar-refractivity contribution is -0.126. The zero-order valence-electron chi connectivity index (χ0n) is 13.4. The van der Waals surface area contributed by atoms with E-state index < -0.39 is 5.60 Å². The molecule has 0 aromatic heterocycles. The number of carbonyl (C=O) groups is 2. The Bertz CT molecular complexity index is 361. The van der Waals surface area contributed by atoms with Gasteiger partial charge in [0.05, 0.1) is 12.1 Å². The van der Waals surface area contributed by atoms with Crippen LogP contribution in [0.3, 0.4) is 0 Å². The normalized spacial score (nSPS) is 22.5. The van der Waals surface area contributed by atoms with Gasteiger partial charge < -0.3 is 14.4 Å². The molecule has 1 fully saturated rings. The van der Waals surface area contributed by atoms with Gasteiger partial charge in [-0.1, -0.05) is 6.92 Å². The van der Waals surface area contributed by atoms with E-state index >= 15 is 0 Å². The predicted octanol–water partition coefficient (Wildman–Crippen LogP) is 2.63. The monoisotopic (exact) mass is 285 g/mol. The summed E-state index contributed by atoms with van der Waals surface area (Å²) in [6.45, 7) is 9.61. The van der Waals surface area contributed by atoms with Gasteiger partial charge >= 0.3 is 6.09 Å². The molecule has 0 aromatic rings. The Kier molecular flexibility index (Phi) is 5.57. The molecule has 0 spiro atoms. The number of nitrogens with zero attached hydrogens (tertiary/aromatic N) is 1. The van der Waals surface area contributed by atoms with Crippen molar-refractivity contribution < 1.29 is 19.1 Å². The predicted molar refractivity (Wildman–Crippen MR) is 76.6 cm³/mol. The third-order valence-electron chi connectivity index (χ3n) is 3.71. The molecule has 5 nitrogen and oxygen atoms in total. The molecule has 0 aromatic carbocycles. The van der Waals surface area contributed by atoms with E-state index in [0.717, 1.165) is 12.8 Å². The molecule has 1 amide bonds. The minimum atomic E-state index is -0.515. The highest BCUT2D eigenvalue weighted by atomic mass is 16.6. The highest BCUT2D eigenvalue weighted by Crippen LogP contribution is 2.28. The first-order valence-corrected chi connectivity index (χ1v) is 7.20. The smallest absolute Gasteiger partial charge is 0.410 e. The maximum Gasteiger partial charge on any atom is 0.410 e. The van der Waals surface area contributed by atoms with E-state index in [1.165, 1.54) is 0 Å². The second kappa shape index (κ2) is 6.57. The van der Waals surface area contributed by atoms with Crippen molar-refractivity contribution in [1.29, 1.82) is 0 Å². The molecule has 1 aliphatic rings. The van der Waals surface area contributed by atoms with Gasteiger partial charge in [-0.25, -0.2) is 4.79 Å². The zero-order chi connectivity index (χ0) is 15.5. The molecule has 0 aliphatic carbocycles. The Morgan fingerprint density at radius 3 is 2.35 bits per heavy atom. The van der Waals surface area contributed by atoms with Gasteiger partial charge in [-0.15, -0.1) is 0 Å². The fourth-order valence-electron chi connectivity index (χ4n) is 2.61. The minimum Gasteiger partial charge on any atom is -0.444 e. The van der Waals surface area contributed by atoms with Crippen LogP contribution in [-0.2, 0) is 14.3 Å². The van der Waals surface area contributed by atoms with Gasteiger partial charge in [0.15, 0.2) is 0 Å². The van der Waals surface area contributed by atoms with Crippen LogP contribution < -0.4 is 0 Å². The maximum atomic E-state index is 12.2. The quantitative estimate of drug-likeness (QED) is 0.796. The molecule has 1 rings (SSSR count). The highest BCUT2D eigenvalue weighted by molar-refractivity contribution is 5.78. The molecule has 0 saturated carbocycles. The number of hydrogen-bond acceptors (Lipinski definition) is 4. The van der Waals surface area contributed by atoms with Crippen LogP contribution >= 0.6 is 0 Å². The van der Waals surface area contributed by atoms with E-state index in [-0.39, 0.29) is 29.9 Å². The van der Waals surface area contributed by atoms with Crippen LogP contribution in [0.4, 0.5) is 4.79 Å². The summed E-state index contributed by atoms with van der Waals surface area (Å²) in [4.78, 5) is 25.5. The molecule has 116 valence electrons. The van der Waals surface area contributed by atoms with Crippen molar-refractivity contribution in [2.24, 2.45) is 5.92 Å². The Morgan fingerprint density at radius 2 is 1.90 bits per heavy atom. The Hall–Kier alpha value is -1.10. The van der Waals surface area contributed by atoms with Gasteiger partial charge in [-0.2, -0.15) is 0 Å². The van der Waals surface area contributed by atoms with Gasteiger partial charge in [-0.3, -0.25) is 4.79 Å². The van der Waals surface area contributed by atoms with Crippen LogP contribution in [-0.4, -0.2) is 48.2 Å². The summed E-state index contributed by atoms with van der Waals surface area (Å²) >= 11 is 0. The number of rotatable bonds is 4. The van der Waals surface area contributed by atoms with Crippen LogP contribution in [0.25, 0.3) is 0 Å². The van der Waals surface area contributed by atoms with Crippen molar-refractivity contribution in [3.05, 3.63) is 0 Å². The number of ether oxygens (including phenoxy) is 2. The fourth-order valence-corrected chi connectivity index (χ4v) is 2.61. The van der Waals surface area contributed by atoms with Crippen LogP contribution in [0.5, 0.6) is 0 Å². The van der Waals surface area contributed by atoms with E-state index in [4.69, 9.17) is 9.47 Å². The third-order valence-corrected chi connectivity index (χ3v) is 3.71. The molecule has 3 atom stereocenters. The van der Waals surface area contributed by atoms with Crippen molar-refractivity contribution >= 4 is 11.9 Å². The topological polar surface area (TPSA) is 55.8 Å². The Balaban J connectivity index is 2.82. The summed E-state index contributed by atoms with van der Waals surface area (Å²) in [5.74, 6) is -0.152. The number of Topliss-reactive ketones (excluding diaryl/α,β-unsaturated/α-hetero) is 1. The molecule has 3 unspecified atom stereocenters. The van der Waals surface area contributed by atoms with Crippen LogP contribution in [0.15, 0.2) is 0 Å². The molecular formula is C15H27NO4. The molecule has 1 aliphatic heterocycles. The SMILES string of the molecule is COC(C(C)C(C)=O)C1CCCN1C(=O)OC(C)(C)C. The maximum absolute atomic E-state index is 12.2. The first kappa shape index (κ1) is 17.0. The summed E-state index contributed by atoms with van der Waals surface area (Å²) in [6, 6.07) is -0.0891. The number of likely N-dealkylation sites (tertiary alicyclic amines) is 1. The van der Waals surface area contributed by atoms with Crippen LogP contribution in [0.1, 0.15) is 47.5 Å². The summed E-state index contributed by atoms with van der Waals surface area (Å²) in [5.41, 5.74) is -0.515. The Labute approximate surface area is 121 Å². The number of ketones is 1. The molecule has 0 radical (unpaired) electrons. The summed E-state index contributed by atoms with van der Waals surface area (Å²) in [5, 5.41) is 0. The molecule has 5 heteroatoms. The van der Waals surface area contributed by atoms with Crippen molar-refractivity contribution in [2.45, 2.75) is 65.2 Å². The van der Waals surface area contributed by atoms with E-state index in [1.807, 2.05) is 27.7 Å². The summed E-state index contributed by atoms with van der Waals surface area (Å²) < 4.78 is 10.9.